The van der Waals surface area contributed by atoms with Crippen LogP contribution in [-0.4, -0.2) is 25.9 Å². The zero-order valence-corrected chi connectivity index (χ0v) is 8.18. The number of hydrogen-bond donors (Lipinski definition) is 4. The van der Waals surface area contributed by atoms with Crippen LogP contribution in [0.2, 0.25) is 0 Å². The lowest BCUT2D eigenvalue weighted by molar-refractivity contribution is -0.118. The first kappa shape index (κ1) is 38.4. The van der Waals surface area contributed by atoms with Gasteiger partial charge in [0.1, 0.15) is 0 Å². The van der Waals surface area contributed by atoms with Crippen LogP contribution in [0.4, 0.5) is 0 Å². The van der Waals surface area contributed by atoms with Crippen molar-refractivity contribution < 1.29 is 9.59 Å². The highest BCUT2D eigenvalue weighted by Crippen LogP contribution is 1.45. The SMILES string of the molecule is C.C.CC(N)=O.CN.CNC(C)=O.N. The summed E-state index contributed by atoms with van der Waals surface area (Å²) in [4.78, 5) is 18.9. The second-order valence-electron chi connectivity index (χ2n) is 1.42. The summed E-state index contributed by atoms with van der Waals surface area (Å²) >= 11 is 0. The molecule has 0 aromatic heterocycles. The molecule has 0 aliphatic heterocycles. The van der Waals surface area contributed by atoms with E-state index in [-0.39, 0.29) is 32.8 Å². The lowest BCUT2D eigenvalue weighted by atomic mass is 10.7. The van der Waals surface area contributed by atoms with Gasteiger partial charge in [0.05, 0.1) is 0 Å². The van der Waals surface area contributed by atoms with Crippen LogP contribution in [0.15, 0.2) is 0 Å². The third kappa shape index (κ3) is 1430. The summed E-state index contributed by atoms with van der Waals surface area (Å²) in [7, 11) is 3.10. The molecule has 0 unspecified atom stereocenters. The Hall–Kier alpha value is -1.14. The van der Waals surface area contributed by atoms with Gasteiger partial charge in [-0.2, -0.15) is 0 Å². The van der Waals surface area contributed by atoms with E-state index >= 15 is 0 Å². The smallest absolute Gasteiger partial charge is 0.216 e. The second-order valence-corrected chi connectivity index (χ2v) is 1.42. The van der Waals surface area contributed by atoms with Gasteiger partial charge in [-0.3, -0.25) is 9.59 Å². The molecule has 0 aliphatic carbocycles. The van der Waals surface area contributed by atoms with Crippen molar-refractivity contribution >= 4 is 11.8 Å². The van der Waals surface area contributed by atoms with Gasteiger partial charge in [0, 0.05) is 20.9 Å². The normalized spacial score (nSPS) is 4.64. The van der Waals surface area contributed by atoms with Crippen LogP contribution in [0.5, 0.6) is 0 Å². The average molecular weight is 212 g/mol. The second kappa shape index (κ2) is 40.7. The van der Waals surface area contributed by atoms with Gasteiger partial charge >= 0.3 is 0 Å². The molecule has 8 N–H and O–H groups in total. The zero-order valence-electron chi connectivity index (χ0n) is 8.18. The fraction of sp³-hybridized carbons (Fsp3) is 0.750. The molecular formula is C8H28N4O2. The topological polar surface area (TPSA) is 133 Å². The first-order valence-corrected chi connectivity index (χ1v) is 3.02. The largest absolute Gasteiger partial charge is 0.370 e. The molecule has 0 heterocycles. The van der Waals surface area contributed by atoms with Crippen molar-refractivity contribution in [3.05, 3.63) is 0 Å². The van der Waals surface area contributed by atoms with E-state index in [4.69, 9.17) is 0 Å². The maximum absolute atomic E-state index is 9.70. The van der Waals surface area contributed by atoms with Crippen molar-refractivity contribution in [1.82, 2.24) is 11.5 Å². The van der Waals surface area contributed by atoms with Crippen LogP contribution in [0.1, 0.15) is 28.7 Å². The highest BCUT2D eigenvalue weighted by Gasteiger charge is 1.72. The van der Waals surface area contributed by atoms with Crippen molar-refractivity contribution in [3.8, 4) is 0 Å². The highest BCUT2D eigenvalue weighted by molar-refractivity contribution is 5.72. The molecule has 2 amide bonds. The molecule has 0 aromatic carbocycles. The molecule has 0 saturated heterocycles. The van der Waals surface area contributed by atoms with Crippen molar-refractivity contribution in [1.29, 1.82) is 0 Å². The van der Waals surface area contributed by atoms with Gasteiger partial charge in [0.2, 0.25) is 11.8 Å². The molecule has 92 valence electrons. The summed E-state index contributed by atoms with van der Waals surface area (Å²) in [6, 6.07) is 0. The van der Waals surface area contributed by atoms with E-state index < -0.39 is 0 Å². The highest BCUT2D eigenvalue weighted by atomic mass is 16.1. The lowest BCUT2D eigenvalue weighted by Crippen LogP contribution is -2.11. The van der Waals surface area contributed by atoms with Crippen LogP contribution in [0.3, 0.4) is 0 Å². The predicted molar refractivity (Wildman–Crippen MR) is 63.2 cm³/mol. The fourth-order valence-corrected chi connectivity index (χ4v) is 0. The minimum atomic E-state index is -0.333. The molecule has 0 rings (SSSR count). The monoisotopic (exact) mass is 212 g/mol. The summed E-state index contributed by atoms with van der Waals surface area (Å²) in [5, 5.41) is 2.39. The lowest BCUT2D eigenvalue weighted by Gasteiger charge is -1.80. The molecule has 0 saturated carbocycles. The van der Waals surface area contributed by atoms with Crippen LogP contribution < -0.4 is 22.9 Å². The quantitative estimate of drug-likeness (QED) is 0.458. The van der Waals surface area contributed by atoms with Crippen LogP contribution in [-0.2, 0) is 9.59 Å². The predicted octanol–water partition coefficient (Wildman–Crippen LogP) is 0.253. The minimum absolute atomic E-state index is 0. The van der Waals surface area contributed by atoms with Gasteiger partial charge in [-0.1, -0.05) is 14.9 Å². The molecule has 0 radical (unpaired) electrons. The Morgan fingerprint density at radius 2 is 1.14 bits per heavy atom. The van der Waals surface area contributed by atoms with E-state index in [9.17, 15) is 9.59 Å². The number of primary amides is 1. The van der Waals surface area contributed by atoms with E-state index in [1.807, 2.05) is 0 Å². The van der Waals surface area contributed by atoms with E-state index in [2.05, 4.69) is 16.8 Å². The van der Waals surface area contributed by atoms with Crippen molar-refractivity contribution in [2.75, 3.05) is 14.1 Å². The van der Waals surface area contributed by atoms with E-state index in [0.717, 1.165) is 0 Å². The fourth-order valence-electron chi connectivity index (χ4n) is 0. The molecular weight excluding hydrogens is 184 g/mol. The number of amides is 2. The molecule has 0 bridgehead atoms. The third-order valence-corrected chi connectivity index (χ3v) is 0.352. The van der Waals surface area contributed by atoms with Gasteiger partial charge in [-0.15, -0.1) is 0 Å². The number of carbonyl (C=O) groups is 2. The van der Waals surface area contributed by atoms with Gasteiger partial charge < -0.3 is 22.9 Å². The summed E-state index contributed by atoms with van der Waals surface area (Å²) in [5.41, 5.74) is 8.97. The maximum atomic E-state index is 9.70. The number of nitrogens with two attached hydrogens (primary N) is 2. The van der Waals surface area contributed by atoms with Crippen molar-refractivity contribution in [2.24, 2.45) is 11.5 Å². The average Bonchev–Trinajstić information content (AvgIpc) is 1.91. The molecule has 14 heavy (non-hydrogen) atoms. The third-order valence-electron chi connectivity index (χ3n) is 0.352. The molecule has 0 atom stereocenters. The number of carbonyl (C=O) groups excluding carboxylic acids is 2. The first-order chi connectivity index (χ1) is 5.00. The number of hydrogen-bond acceptors (Lipinski definition) is 4. The van der Waals surface area contributed by atoms with Gasteiger partial charge in [-0.25, -0.2) is 0 Å². The molecule has 6 heteroatoms. The van der Waals surface area contributed by atoms with Crippen LogP contribution in [0, 0.1) is 0 Å². The van der Waals surface area contributed by atoms with Crippen molar-refractivity contribution in [3.63, 3.8) is 0 Å². The zero-order chi connectivity index (χ0) is 9.86. The Labute approximate surface area is 88.0 Å². The maximum Gasteiger partial charge on any atom is 0.216 e. The Morgan fingerprint density at radius 3 is 1.14 bits per heavy atom. The molecule has 0 aliphatic rings. The molecule has 0 aromatic rings. The van der Waals surface area contributed by atoms with Gasteiger partial charge in [0.25, 0.3) is 0 Å². The van der Waals surface area contributed by atoms with E-state index in [0.29, 0.717) is 0 Å². The Kier molecular flexibility index (Phi) is 112. The number of rotatable bonds is 0. The Bertz CT molecular complexity index is 104. The Morgan fingerprint density at radius 1 is 1.07 bits per heavy atom. The molecule has 0 fully saturated rings. The summed E-state index contributed by atoms with van der Waals surface area (Å²) in [6.45, 7) is 2.78. The van der Waals surface area contributed by atoms with Gasteiger partial charge in [-0.05, 0) is 7.05 Å². The Balaban J connectivity index is -0.0000000166. The molecule has 0 spiro atoms. The first-order valence-electron chi connectivity index (χ1n) is 3.02. The summed E-state index contributed by atoms with van der Waals surface area (Å²) in [6.07, 6.45) is 0. The minimum Gasteiger partial charge on any atom is -0.370 e. The standard InChI is InChI=1S/C3H7NO.C2H5NO.CH5N.2CH4.H3N/c1-3(5)4-2;1-2(3)4;1-2;;;/h1-2H3,(H,4,5);1H3,(H2,3,4);2H2,1H3;2*1H4;1H3. The van der Waals surface area contributed by atoms with E-state index in [1.54, 1.807) is 7.05 Å². The van der Waals surface area contributed by atoms with E-state index in [1.165, 1.54) is 20.9 Å². The summed E-state index contributed by atoms with van der Waals surface area (Å²) < 4.78 is 0. The molecule has 6 nitrogen and oxygen atoms in total. The van der Waals surface area contributed by atoms with Crippen LogP contribution >= 0.6 is 0 Å². The van der Waals surface area contributed by atoms with Crippen molar-refractivity contribution in [2.45, 2.75) is 28.7 Å². The van der Waals surface area contributed by atoms with Crippen LogP contribution in [0.25, 0.3) is 0 Å². The summed E-state index contributed by atoms with van der Waals surface area (Å²) in [5.74, 6) is -0.329. The number of nitrogens with one attached hydrogen (secondary N) is 1. The van der Waals surface area contributed by atoms with Gasteiger partial charge in [0.15, 0.2) is 0 Å².